The van der Waals surface area contributed by atoms with E-state index in [2.05, 4.69) is 10.0 Å². The minimum absolute atomic E-state index is 0.00349. The monoisotopic (exact) mass is 485 g/mol. The molecule has 1 aliphatic carbocycles. The molecule has 0 spiro atoms. The second-order valence-corrected chi connectivity index (χ2v) is 10.5. The number of ether oxygens (including phenoxy) is 1. The largest absolute Gasteiger partial charge is 0.497 e. The van der Waals surface area contributed by atoms with E-state index in [1.165, 1.54) is 5.56 Å². The van der Waals surface area contributed by atoms with Crippen LogP contribution in [0.4, 0.5) is 5.69 Å². The summed E-state index contributed by atoms with van der Waals surface area (Å²) in [7, 11) is -2.13. The number of nitrogens with zero attached hydrogens (tertiary/aromatic N) is 1. The topological polar surface area (TPSA) is 105 Å². The highest BCUT2D eigenvalue weighted by Gasteiger charge is 2.34. The standard InChI is InChI=1S/C25H31N3O5S/c1-33-21-11-9-20(10-12-21)27-25(30)23-7-4-16-28(23)24(29)14-15-26-34(31,32)22-13-8-18-5-2-3-6-19(18)17-22/h8-13,17,23,26H,2-7,14-16H2,1H3,(H,27,30). The summed E-state index contributed by atoms with van der Waals surface area (Å²) in [6.45, 7) is 0.471. The Kier molecular flexibility index (Phi) is 7.53. The summed E-state index contributed by atoms with van der Waals surface area (Å²) in [5.74, 6) is 0.208. The molecule has 0 aromatic heterocycles. The molecule has 4 rings (SSSR count). The summed E-state index contributed by atoms with van der Waals surface area (Å²) in [5, 5.41) is 2.85. The van der Waals surface area contributed by atoms with Gasteiger partial charge in [0.25, 0.3) is 0 Å². The van der Waals surface area contributed by atoms with E-state index in [-0.39, 0.29) is 29.7 Å². The zero-order valence-corrected chi connectivity index (χ0v) is 20.2. The first-order valence-corrected chi connectivity index (χ1v) is 13.2. The number of benzene rings is 2. The van der Waals surface area contributed by atoms with Crippen molar-refractivity contribution in [3.63, 3.8) is 0 Å². The molecule has 1 saturated heterocycles. The fourth-order valence-corrected chi connectivity index (χ4v) is 5.72. The molecular weight excluding hydrogens is 454 g/mol. The van der Waals surface area contributed by atoms with Gasteiger partial charge in [-0.25, -0.2) is 13.1 Å². The fraction of sp³-hybridized carbons (Fsp3) is 0.440. The third kappa shape index (κ3) is 5.59. The Morgan fingerprint density at radius 3 is 2.50 bits per heavy atom. The van der Waals surface area contributed by atoms with E-state index in [1.807, 2.05) is 6.07 Å². The van der Waals surface area contributed by atoms with Gasteiger partial charge in [0, 0.05) is 25.2 Å². The molecule has 9 heteroatoms. The van der Waals surface area contributed by atoms with Crippen molar-refractivity contribution in [3.8, 4) is 5.75 Å². The molecule has 0 radical (unpaired) electrons. The SMILES string of the molecule is COc1ccc(NC(=O)C2CCCN2C(=O)CCNS(=O)(=O)c2ccc3c(c2)CCCC3)cc1. The Morgan fingerprint density at radius 1 is 1.03 bits per heavy atom. The summed E-state index contributed by atoms with van der Waals surface area (Å²) < 4.78 is 33.1. The van der Waals surface area contributed by atoms with Gasteiger partial charge in [0.05, 0.1) is 12.0 Å². The van der Waals surface area contributed by atoms with Crippen LogP contribution in [0.1, 0.15) is 43.2 Å². The number of aryl methyl sites for hydroxylation is 2. The van der Waals surface area contributed by atoms with Gasteiger partial charge in [-0.3, -0.25) is 9.59 Å². The first kappa shape index (κ1) is 24.2. The number of hydrogen-bond acceptors (Lipinski definition) is 5. The van der Waals surface area contributed by atoms with Crippen molar-refractivity contribution < 1.29 is 22.7 Å². The van der Waals surface area contributed by atoms with E-state index in [4.69, 9.17) is 4.74 Å². The second kappa shape index (κ2) is 10.6. The lowest BCUT2D eigenvalue weighted by Gasteiger charge is -2.24. The molecule has 0 saturated carbocycles. The number of amides is 2. The summed E-state index contributed by atoms with van der Waals surface area (Å²) in [6.07, 6.45) is 5.39. The molecule has 1 atom stereocenters. The van der Waals surface area contributed by atoms with Crippen LogP contribution in [-0.2, 0) is 32.5 Å². The zero-order valence-electron chi connectivity index (χ0n) is 19.4. The van der Waals surface area contributed by atoms with Crippen LogP contribution < -0.4 is 14.8 Å². The van der Waals surface area contributed by atoms with E-state index >= 15 is 0 Å². The maximum Gasteiger partial charge on any atom is 0.247 e. The molecule has 2 N–H and O–H groups in total. The van der Waals surface area contributed by atoms with Crippen molar-refractivity contribution in [2.75, 3.05) is 25.5 Å². The average Bonchev–Trinajstić information content (AvgIpc) is 3.34. The number of anilines is 1. The van der Waals surface area contributed by atoms with Crippen LogP contribution in [0, 0.1) is 0 Å². The third-order valence-corrected chi connectivity index (χ3v) is 7.95. The van der Waals surface area contributed by atoms with Crippen molar-refractivity contribution in [2.45, 2.75) is 55.9 Å². The van der Waals surface area contributed by atoms with Crippen LogP contribution in [0.15, 0.2) is 47.4 Å². The van der Waals surface area contributed by atoms with Crippen LogP contribution >= 0.6 is 0 Å². The van der Waals surface area contributed by atoms with E-state index in [1.54, 1.807) is 48.4 Å². The number of carbonyl (C=O) groups is 2. The molecule has 34 heavy (non-hydrogen) atoms. The lowest BCUT2D eigenvalue weighted by Crippen LogP contribution is -2.44. The minimum Gasteiger partial charge on any atom is -0.497 e. The maximum atomic E-state index is 12.8. The van der Waals surface area contributed by atoms with Gasteiger partial charge < -0.3 is 15.0 Å². The zero-order chi connectivity index (χ0) is 24.1. The number of hydrogen-bond donors (Lipinski definition) is 2. The van der Waals surface area contributed by atoms with Crippen molar-refractivity contribution in [3.05, 3.63) is 53.6 Å². The Labute approximate surface area is 200 Å². The fourth-order valence-electron chi connectivity index (χ4n) is 4.63. The molecule has 1 unspecified atom stereocenters. The first-order chi connectivity index (χ1) is 16.4. The number of rotatable bonds is 8. The normalized spacial score (nSPS) is 17.8. The second-order valence-electron chi connectivity index (χ2n) is 8.75. The smallest absolute Gasteiger partial charge is 0.247 e. The van der Waals surface area contributed by atoms with Gasteiger partial charge in [0.15, 0.2) is 0 Å². The van der Waals surface area contributed by atoms with Crippen LogP contribution in [0.5, 0.6) is 5.75 Å². The van der Waals surface area contributed by atoms with E-state index in [9.17, 15) is 18.0 Å². The van der Waals surface area contributed by atoms with Gasteiger partial charge >= 0.3 is 0 Å². The predicted molar refractivity (Wildman–Crippen MR) is 129 cm³/mol. The highest BCUT2D eigenvalue weighted by molar-refractivity contribution is 7.89. The van der Waals surface area contributed by atoms with Crippen LogP contribution in [0.2, 0.25) is 0 Å². The summed E-state index contributed by atoms with van der Waals surface area (Å²) in [4.78, 5) is 27.4. The van der Waals surface area contributed by atoms with Crippen molar-refractivity contribution in [2.24, 2.45) is 0 Å². The molecular formula is C25H31N3O5S. The minimum atomic E-state index is -3.70. The van der Waals surface area contributed by atoms with Crippen molar-refractivity contribution in [1.29, 1.82) is 0 Å². The molecule has 2 aliphatic rings. The molecule has 182 valence electrons. The quantitative estimate of drug-likeness (QED) is 0.598. The molecule has 2 amide bonds. The highest BCUT2D eigenvalue weighted by atomic mass is 32.2. The summed E-state index contributed by atoms with van der Waals surface area (Å²) in [5.41, 5.74) is 2.93. The Hall–Kier alpha value is -2.91. The number of carbonyl (C=O) groups excluding carboxylic acids is 2. The number of likely N-dealkylation sites (tertiary alicyclic amines) is 1. The lowest BCUT2D eigenvalue weighted by atomic mass is 9.92. The van der Waals surface area contributed by atoms with Gasteiger partial charge in [0.1, 0.15) is 11.8 Å². The highest BCUT2D eigenvalue weighted by Crippen LogP contribution is 2.24. The third-order valence-electron chi connectivity index (χ3n) is 6.49. The number of fused-ring (bicyclic) bond motifs is 1. The van der Waals surface area contributed by atoms with Gasteiger partial charge in [-0.15, -0.1) is 0 Å². The number of sulfonamides is 1. The van der Waals surface area contributed by atoms with E-state index < -0.39 is 16.1 Å². The number of nitrogens with one attached hydrogen (secondary N) is 2. The van der Waals surface area contributed by atoms with Gasteiger partial charge in [0.2, 0.25) is 21.8 Å². The molecule has 0 bridgehead atoms. The first-order valence-electron chi connectivity index (χ1n) is 11.7. The summed E-state index contributed by atoms with van der Waals surface area (Å²) in [6, 6.07) is 11.7. The molecule has 1 fully saturated rings. The molecule has 2 aromatic rings. The van der Waals surface area contributed by atoms with Crippen LogP contribution in [-0.4, -0.2) is 51.4 Å². The average molecular weight is 486 g/mol. The van der Waals surface area contributed by atoms with Gasteiger partial charge in [-0.2, -0.15) is 0 Å². The van der Waals surface area contributed by atoms with Crippen molar-refractivity contribution in [1.82, 2.24) is 9.62 Å². The maximum absolute atomic E-state index is 12.8. The van der Waals surface area contributed by atoms with E-state index in [0.29, 0.717) is 24.4 Å². The van der Waals surface area contributed by atoms with Gasteiger partial charge in [-0.05, 0) is 86.1 Å². The van der Waals surface area contributed by atoms with Crippen LogP contribution in [0.3, 0.4) is 0 Å². The van der Waals surface area contributed by atoms with E-state index in [0.717, 1.165) is 37.7 Å². The Morgan fingerprint density at radius 2 is 1.76 bits per heavy atom. The molecule has 1 aliphatic heterocycles. The van der Waals surface area contributed by atoms with Crippen LogP contribution in [0.25, 0.3) is 0 Å². The Bertz CT molecular complexity index is 1150. The summed E-state index contributed by atoms with van der Waals surface area (Å²) >= 11 is 0. The van der Waals surface area contributed by atoms with Gasteiger partial charge in [-0.1, -0.05) is 6.07 Å². The predicted octanol–water partition coefficient (Wildman–Crippen LogP) is 2.87. The lowest BCUT2D eigenvalue weighted by molar-refractivity contribution is -0.136. The van der Waals surface area contributed by atoms with Crippen molar-refractivity contribution >= 4 is 27.5 Å². The molecule has 8 nitrogen and oxygen atoms in total. The Balaban J connectivity index is 1.31. The molecule has 1 heterocycles. The number of methoxy groups -OCH3 is 1. The molecule has 2 aromatic carbocycles.